The van der Waals surface area contributed by atoms with E-state index < -0.39 is 10.0 Å². The molecule has 0 heterocycles. The lowest BCUT2D eigenvalue weighted by Gasteiger charge is -2.24. The minimum Gasteiger partial charge on any atom is -0.337 e. The second-order valence-electron chi connectivity index (χ2n) is 7.89. The third-order valence-corrected chi connectivity index (χ3v) is 6.41. The van der Waals surface area contributed by atoms with E-state index in [4.69, 9.17) is 0 Å². The van der Waals surface area contributed by atoms with Gasteiger partial charge in [-0.15, -0.1) is 0 Å². The number of carbonyl (C=O) groups excluding carboxylic acids is 1. The Morgan fingerprint density at radius 2 is 1.45 bits per heavy atom. The van der Waals surface area contributed by atoms with Crippen LogP contribution in [0.2, 0.25) is 0 Å². The van der Waals surface area contributed by atoms with Crippen molar-refractivity contribution in [2.75, 3.05) is 17.6 Å². The molecule has 0 aromatic heterocycles. The van der Waals surface area contributed by atoms with E-state index in [0.29, 0.717) is 17.8 Å². The average molecular weight is 437 g/mol. The number of anilines is 1. The molecule has 5 nitrogen and oxygen atoms in total. The van der Waals surface area contributed by atoms with E-state index in [1.807, 2.05) is 62.4 Å². The zero-order chi connectivity index (χ0) is 22.6. The third-order valence-electron chi connectivity index (χ3n) is 5.26. The highest BCUT2D eigenvalue weighted by atomic mass is 32.2. The predicted octanol–water partition coefficient (Wildman–Crippen LogP) is 4.54. The standard InChI is InChI=1S/C25H28N2O3S/c1-19-9-11-21(12-10-19)17-26(3)25(28)22-13-15-24(16-14-22)27(31(4,29)30)18-23-8-6-5-7-20(23)2/h5-16H,17-18H2,1-4H3. The van der Waals surface area contributed by atoms with Crippen molar-refractivity contribution < 1.29 is 13.2 Å². The molecule has 0 spiro atoms. The van der Waals surface area contributed by atoms with Crippen LogP contribution in [0.15, 0.2) is 72.8 Å². The minimum atomic E-state index is -3.49. The van der Waals surface area contributed by atoms with Crippen molar-refractivity contribution >= 4 is 21.6 Å². The quantitative estimate of drug-likeness (QED) is 0.546. The van der Waals surface area contributed by atoms with E-state index in [9.17, 15) is 13.2 Å². The first-order valence-corrected chi connectivity index (χ1v) is 11.9. The van der Waals surface area contributed by atoms with E-state index in [1.54, 1.807) is 36.2 Å². The molecular formula is C25H28N2O3S. The van der Waals surface area contributed by atoms with Crippen LogP contribution in [-0.4, -0.2) is 32.5 Å². The smallest absolute Gasteiger partial charge is 0.253 e. The molecule has 1 amide bonds. The molecule has 0 aliphatic rings. The van der Waals surface area contributed by atoms with E-state index in [2.05, 4.69) is 0 Å². The predicted molar refractivity (Wildman–Crippen MR) is 126 cm³/mol. The van der Waals surface area contributed by atoms with Gasteiger partial charge in [0, 0.05) is 19.2 Å². The normalized spacial score (nSPS) is 11.2. The summed E-state index contributed by atoms with van der Waals surface area (Å²) in [5.74, 6) is -0.114. The van der Waals surface area contributed by atoms with Crippen LogP contribution in [0.4, 0.5) is 5.69 Å². The van der Waals surface area contributed by atoms with Crippen LogP contribution in [0.1, 0.15) is 32.6 Å². The van der Waals surface area contributed by atoms with Gasteiger partial charge in [0.1, 0.15) is 0 Å². The van der Waals surface area contributed by atoms with E-state index >= 15 is 0 Å². The highest BCUT2D eigenvalue weighted by Gasteiger charge is 2.20. The summed E-state index contributed by atoms with van der Waals surface area (Å²) in [6, 6.07) is 22.5. The Morgan fingerprint density at radius 1 is 0.839 bits per heavy atom. The molecule has 3 aromatic carbocycles. The Balaban J connectivity index is 1.78. The van der Waals surface area contributed by atoms with Crippen LogP contribution in [-0.2, 0) is 23.1 Å². The topological polar surface area (TPSA) is 57.7 Å². The lowest BCUT2D eigenvalue weighted by Crippen LogP contribution is -2.30. The van der Waals surface area contributed by atoms with Crippen LogP contribution in [0.3, 0.4) is 0 Å². The molecule has 162 valence electrons. The molecule has 3 aromatic rings. The summed E-state index contributed by atoms with van der Waals surface area (Å²) in [7, 11) is -1.73. The van der Waals surface area contributed by atoms with Crippen LogP contribution in [0.5, 0.6) is 0 Å². The Bertz CT molecular complexity index is 1150. The lowest BCUT2D eigenvalue weighted by molar-refractivity contribution is 0.0785. The summed E-state index contributed by atoms with van der Waals surface area (Å²) < 4.78 is 26.3. The number of aryl methyl sites for hydroxylation is 2. The molecule has 0 aliphatic carbocycles. The number of hydrogen-bond donors (Lipinski definition) is 0. The number of sulfonamides is 1. The maximum absolute atomic E-state index is 12.8. The molecule has 0 unspecified atom stereocenters. The molecule has 0 saturated heterocycles. The maximum Gasteiger partial charge on any atom is 0.253 e. The molecule has 0 aliphatic heterocycles. The summed E-state index contributed by atoms with van der Waals surface area (Å²) in [5.41, 5.74) is 5.24. The van der Waals surface area contributed by atoms with Gasteiger partial charge >= 0.3 is 0 Å². The third kappa shape index (κ3) is 5.73. The molecular weight excluding hydrogens is 408 g/mol. The molecule has 0 saturated carbocycles. The Kier molecular flexibility index (Phi) is 6.81. The van der Waals surface area contributed by atoms with Crippen molar-refractivity contribution in [3.8, 4) is 0 Å². The number of rotatable bonds is 7. The van der Waals surface area contributed by atoms with Gasteiger partial charge in [-0.05, 0) is 54.8 Å². The van der Waals surface area contributed by atoms with Gasteiger partial charge in [0.15, 0.2) is 0 Å². The summed E-state index contributed by atoms with van der Waals surface area (Å²) in [6.45, 7) is 4.73. The second kappa shape index (κ2) is 9.35. The first-order chi connectivity index (χ1) is 14.6. The van der Waals surface area contributed by atoms with E-state index in [-0.39, 0.29) is 12.5 Å². The Hall–Kier alpha value is -3.12. The highest BCUT2D eigenvalue weighted by molar-refractivity contribution is 7.92. The van der Waals surface area contributed by atoms with E-state index in [0.717, 1.165) is 16.7 Å². The van der Waals surface area contributed by atoms with Gasteiger partial charge in [0.2, 0.25) is 10.0 Å². The van der Waals surface area contributed by atoms with Crippen LogP contribution >= 0.6 is 0 Å². The number of carbonyl (C=O) groups is 1. The Morgan fingerprint density at radius 3 is 2.03 bits per heavy atom. The monoisotopic (exact) mass is 436 g/mol. The van der Waals surface area contributed by atoms with Gasteiger partial charge in [0.25, 0.3) is 5.91 Å². The fourth-order valence-electron chi connectivity index (χ4n) is 3.37. The molecule has 0 fully saturated rings. The van der Waals surface area contributed by atoms with Crippen molar-refractivity contribution in [1.29, 1.82) is 0 Å². The summed E-state index contributed by atoms with van der Waals surface area (Å²) in [5, 5.41) is 0. The largest absolute Gasteiger partial charge is 0.337 e. The molecule has 31 heavy (non-hydrogen) atoms. The zero-order valence-electron chi connectivity index (χ0n) is 18.4. The second-order valence-corrected chi connectivity index (χ2v) is 9.80. The van der Waals surface area contributed by atoms with Crippen molar-refractivity contribution in [3.63, 3.8) is 0 Å². The molecule has 0 radical (unpaired) electrons. The van der Waals surface area contributed by atoms with Crippen LogP contribution in [0, 0.1) is 13.8 Å². The lowest BCUT2D eigenvalue weighted by atomic mass is 10.1. The molecule has 0 N–H and O–H groups in total. The van der Waals surface area contributed by atoms with Crippen LogP contribution in [0.25, 0.3) is 0 Å². The number of hydrogen-bond acceptors (Lipinski definition) is 3. The Labute approximate surface area is 185 Å². The van der Waals surface area contributed by atoms with Gasteiger partial charge < -0.3 is 4.90 Å². The highest BCUT2D eigenvalue weighted by Crippen LogP contribution is 2.23. The van der Waals surface area contributed by atoms with Gasteiger partial charge in [-0.25, -0.2) is 8.42 Å². The van der Waals surface area contributed by atoms with Crippen molar-refractivity contribution in [3.05, 3.63) is 101 Å². The van der Waals surface area contributed by atoms with Gasteiger partial charge in [0.05, 0.1) is 18.5 Å². The maximum atomic E-state index is 12.8. The first kappa shape index (κ1) is 22.6. The summed E-state index contributed by atoms with van der Waals surface area (Å²) >= 11 is 0. The fourth-order valence-corrected chi connectivity index (χ4v) is 4.25. The van der Waals surface area contributed by atoms with Gasteiger partial charge in [-0.3, -0.25) is 9.10 Å². The molecule has 6 heteroatoms. The first-order valence-electron chi connectivity index (χ1n) is 10.1. The molecule has 0 bridgehead atoms. The number of amides is 1. The van der Waals surface area contributed by atoms with Gasteiger partial charge in [-0.1, -0.05) is 54.1 Å². The molecule has 0 atom stereocenters. The summed E-state index contributed by atoms with van der Waals surface area (Å²) in [6.07, 6.45) is 1.19. The fraction of sp³-hybridized carbons (Fsp3) is 0.240. The summed E-state index contributed by atoms with van der Waals surface area (Å²) in [4.78, 5) is 14.5. The zero-order valence-corrected chi connectivity index (χ0v) is 19.2. The van der Waals surface area contributed by atoms with Crippen LogP contribution < -0.4 is 4.31 Å². The van der Waals surface area contributed by atoms with Crippen molar-refractivity contribution in [2.45, 2.75) is 26.9 Å². The van der Waals surface area contributed by atoms with E-state index in [1.165, 1.54) is 16.1 Å². The SMILES string of the molecule is Cc1ccc(CN(C)C(=O)c2ccc(N(Cc3ccccc3C)S(C)(=O)=O)cc2)cc1. The molecule has 3 rings (SSSR count). The van der Waals surface area contributed by atoms with Crippen molar-refractivity contribution in [1.82, 2.24) is 4.90 Å². The number of nitrogens with zero attached hydrogens (tertiary/aromatic N) is 2. The van der Waals surface area contributed by atoms with Crippen molar-refractivity contribution in [2.24, 2.45) is 0 Å². The number of benzene rings is 3. The average Bonchev–Trinajstić information content (AvgIpc) is 2.73. The minimum absolute atomic E-state index is 0.114. The van der Waals surface area contributed by atoms with Gasteiger partial charge in [-0.2, -0.15) is 0 Å².